The molecule has 2 aliphatic carbocycles. The summed E-state index contributed by atoms with van der Waals surface area (Å²) < 4.78 is 0. The molecule has 1 saturated heterocycles. The minimum atomic E-state index is 0.676. The number of nitrogens with zero attached hydrogens (tertiary/aromatic N) is 1. The zero-order valence-corrected chi connectivity index (χ0v) is 12.7. The topological polar surface area (TPSA) is 15.3 Å². The molecule has 2 fully saturated rings. The lowest BCUT2D eigenvalue weighted by Gasteiger charge is -2.52. The maximum Gasteiger partial charge on any atom is 0.0283 e. The summed E-state index contributed by atoms with van der Waals surface area (Å²) in [6, 6.07) is 0.780. The van der Waals surface area contributed by atoms with Gasteiger partial charge in [-0.25, -0.2) is 0 Å². The van der Waals surface area contributed by atoms with Gasteiger partial charge in [-0.1, -0.05) is 26.0 Å². The van der Waals surface area contributed by atoms with Crippen molar-refractivity contribution in [2.24, 2.45) is 23.7 Å². The van der Waals surface area contributed by atoms with Crippen LogP contribution in [0.15, 0.2) is 35.7 Å². The van der Waals surface area contributed by atoms with E-state index in [1.165, 1.54) is 38.0 Å². The number of hydrogen-bond donors (Lipinski definition) is 1. The quantitative estimate of drug-likeness (QED) is 0.828. The second-order valence-electron chi connectivity index (χ2n) is 7.20. The molecule has 0 aromatic rings. The van der Waals surface area contributed by atoms with Gasteiger partial charge >= 0.3 is 0 Å². The van der Waals surface area contributed by atoms with Crippen molar-refractivity contribution in [2.75, 3.05) is 13.1 Å². The van der Waals surface area contributed by atoms with Crippen molar-refractivity contribution >= 4 is 0 Å². The van der Waals surface area contributed by atoms with Crippen LogP contribution in [0.5, 0.6) is 0 Å². The molecule has 5 unspecified atom stereocenters. The highest BCUT2D eigenvalue weighted by atomic mass is 15.2. The van der Waals surface area contributed by atoms with Crippen LogP contribution in [0.25, 0.3) is 0 Å². The Kier molecular flexibility index (Phi) is 3.03. The molecular weight excluding hydrogens is 244 g/mol. The van der Waals surface area contributed by atoms with Gasteiger partial charge in [0.25, 0.3) is 0 Å². The van der Waals surface area contributed by atoms with Gasteiger partial charge in [-0.05, 0) is 55.2 Å². The number of likely N-dealkylation sites (tertiary alicyclic amines) is 1. The van der Waals surface area contributed by atoms with E-state index in [1.807, 2.05) is 0 Å². The first-order valence-corrected chi connectivity index (χ1v) is 8.36. The molecule has 108 valence electrons. The third-order valence-electron chi connectivity index (χ3n) is 5.79. The molecule has 4 rings (SSSR count). The Morgan fingerprint density at radius 1 is 1.40 bits per heavy atom. The summed E-state index contributed by atoms with van der Waals surface area (Å²) in [5, 5.41) is 3.53. The molecule has 0 radical (unpaired) electrons. The minimum absolute atomic E-state index is 0.676. The van der Waals surface area contributed by atoms with Gasteiger partial charge in [0.2, 0.25) is 0 Å². The normalized spacial score (nSPS) is 42.4. The molecule has 2 aliphatic heterocycles. The van der Waals surface area contributed by atoms with Gasteiger partial charge in [0.05, 0.1) is 0 Å². The molecular formula is C18H26N2. The predicted molar refractivity (Wildman–Crippen MR) is 83.0 cm³/mol. The molecule has 20 heavy (non-hydrogen) atoms. The number of nitrogens with one attached hydrogen (secondary N) is 1. The fourth-order valence-corrected chi connectivity index (χ4v) is 5.12. The predicted octanol–water partition coefficient (Wildman–Crippen LogP) is 3.30. The summed E-state index contributed by atoms with van der Waals surface area (Å²) in [4.78, 5) is 2.79. The first-order valence-electron chi connectivity index (χ1n) is 8.36. The van der Waals surface area contributed by atoms with E-state index in [1.54, 1.807) is 5.57 Å². The maximum absolute atomic E-state index is 3.53. The lowest BCUT2D eigenvalue weighted by molar-refractivity contribution is 0.0178. The van der Waals surface area contributed by atoms with Gasteiger partial charge in [-0.3, -0.25) is 4.90 Å². The molecule has 1 N–H and O–H groups in total. The van der Waals surface area contributed by atoms with E-state index >= 15 is 0 Å². The Bertz CT molecular complexity index is 488. The molecule has 0 spiro atoms. The summed E-state index contributed by atoms with van der Waals surface area (Å²) in [5.41, 5.74) is 3.11. The zero-order valence-electron chi connectivity index (χ0n) is 12.7. The number of piperidine rings is 1. The van der Waals surface area contributed by atoms with Gasteiger partial charge in [-0.2, -0.15) is 0 Å². The van der Waals surface area contributed by atoms with Crippen LogP contribution in [0.2, 0.25) is 0 Å². The lowest BCUT2D eigenvalue weighted by Crippen LogP contribution is -2.54. The Hall–Kier alpha value is -1.02. The Balaban J connectivity index is 1.67. The van der Waals surface area contributed by atoms with Crippen LogP contribution in [0.3, 0.4) is 0 Å². The highest BCUT2D eigenvalue weighted by molar-refractivity contribution is 5.39. The van der Waals surface area contributed by atoms with Crippen molar-refractivity contribution in [3.05, 3.63) is 35.7 Å². The summed E-state index contributed by atoms with van der Waals surface area (Å²) >= 11 is 0. The molecule has 2 heteroatoms. The first kappa shape index (κ1) is 12.7. The monoisotopic (exact) mass is 270 g/mol. The minimum Gasteiger partial charge on any atom is -0.365 e. The molecule has 0 bridgehead atoms. The summed E-state index contributed by atoms with van der Waals surface area (Å²) in [6.07, 6.45) is 13.3. The smallest absolute Gasteiger partial charge is 0.0283 e. The molecule has 5 atom stereocenters. The molecule has 2 nitrogen and oxygen atoms in total. The summed E-state index contributed by atoms with van der Waals surface area (Å²) in [5.74, 6) is 3.12. The van der Waals surface area contributed by atoms with E-state index in [2.05, 4.69) is 48.5 Å². The van der Waals surface area contributed by atoms with Gasteiger partial charge in [-0.15, -0.1) is 0 Å². The van der Waals surface area contributed by atoms with Crippen molar-refractivity contribution in [1.29, 1.82) is 0 Å². The van der Waals surface area contributed by atoms with E-state index < -0.39 is 0 Å². The molecule has 0 aromatic carbocycles. The molecule has 4 aliphatic rings. The van der Waals surface area contributed by atoms with Crippen molar-refractivity contribution in [3.63, 3.8) is 0 Å². The van der Waals surface area contributed by atoms with Gasteiger partial charge < -0.3 is 5.32 Å². The maximum atomic E-state index is 3.53. The Morgan fingerprint density at radius 2 is 2.30 bits per heavy atom. The highest BCUT2D eigenvalue weighted by Crippen LogP contribution is 2.51. The number of fused-ring (bicyclic) bond motifs is 2. The summed E-state index contributed by atoms with van der Waals surface area (Å²) in [6.45, 7) is 7.34. The van der Waals surface area contributed by atoms with Crippen molar-refractivity contribution in [1.82, 2.24) is 10.2 Å². The summed E-state index contributed by atoms with van der Waals surface area (Å²) in [7, 11) is 0. The van der Waals surface area contributed by atoms with Crippen molar-refractivity contribution in [2.45, 2.75) is 39.2 Å². The average Bonchev–Trinajstić information content (AvgIpc) is 2.85. The van der Waals surface area contributed by atoms with E-state index in [-0.39, 0.29) is 0 Å². The number of allylic oxidation sites excluding steroid dienone is 4. The molecule has 0 amide bonds. The fourth-order valence-electron chi connectivity index (χ4n) is 5.12. The number of hydrogen-bond acceptors (Lipinski definition) is 2. The third kappa shape index (κ3) is 1.81. The van der Waals surface area contributed by atoms with Crippen LogP contribution in [0, 0.1) is 23.7 Å². The Morgan fingerprint density at radius 3 is 3.15 bits per heavy atom. The Labute approximate surface area is 122 Å². The first-order chi connectivity index (χ1) is 9.78. The van der Waals surface area contributed by atoms with E-state index in [4.69, 9.17) is 0 Å². The van der Waals surface area contributed by atoms with E-state index in [0.717, 1.165) is 23.8 Å². The SMILES string of the molecule is CCCN1CC(C)CC2C3C=CC=C4NC=C(CC21)C43. The average molecular weight is 270 g/mol. The van der Waals surface area contributed by atoms with Crippen molar-refractivity contribution in [3.8, 4) is 0 Å². The second kappa shape index (κ2) is 4.77. The van der Waals surface area contributed by atoms with Gasteiger partial charge in [0.1, 0.15) is 0 Å². The van der Waals surface area contributed by atoms with Crippen molar-refractivity contribution < 1.29 is 0 Å². The van der Waals surface area contributed by atoms with Gasteiger partial charge in [0, 0.05) is 30.4 Å². The van der Waals surface area contributed by atoms with Gasteiger partial charge in [0.15, 0.2) is 0 Å². The lowest BCUT2D eigenvalue weighted by atomic mass is 9.61. The van der Waals surface area contributed by atoms with Crippen LogP contribution in [0.1, 0.15) is 33.1 Å². The van der Waals surface area contributed by atoms with Crippen LogP contribution < -0.4 is 5.32 Å². The fraction of sp³-hybridized carbons (Fsp3) is 0.667. The van der Waals surface area contributed by atoms with Crippen LogP contribution in [0.4, 0.5) is 0 Å². The highest BCUT2D eigenvalue weighted by Gasteiger charge is 2.48. The van der Waals surface area contributed by atoms with Crippen LogP contribution in [-0.4, -0.2) is 24.0 Å². The molecule has 1 saturated carbocycles. The third-order valence-corrected chi connectivity index (χ3v) is 5.79. The van der Waals surface area contributed by atoms with Crippen LogP contribution >= 0.6 is 0 Å². The van der Waals surface area contributed by atoms with E-state index in [9.17, 15) is 0 Å². The second-order valence-corrected chi connectivity index (χ2v) is 7.20. The van der Waals surface area contributed by atoms with Crippen LogP contribution in [-0.2, 0) is 0 Å². The zero-order chi connectivity index (χ0) is 13.7. The number of rotatable bonds is 2. The van der Waals surface area contributed by atoms with E-state index in [0.29, 0.717) is 5.92 Å². The molecule has 2 heterocycles. The largest absolute Gasteiger partial charge is 0.365 e. The standard InChI is InChI=1S/C18H26N2/c1-3-7-20-11-12(2)8-15-14-5-4-6-16-18(14)13(10-19-16)9-17(15)20/h4-6,10,12,14-15,17-19H,3,7-9,11H2,1-2H3. The molecule has 0 aromatic heterocycles.